The molecule has 0 radical (unpaired) electrons. The molecule has 5 aromatic rings. The van der Waals surface area contributed by atoms with Gasteiger partial charge in [0.2, 0.25) is 0 Å². The SMILES string of the molecule is COc1cccc2cc(-c3cc(=O)oc4cc(C)c(OC(=O)Cc5ccc(Cl)cc5)cc34)oc12. The number of ether oxygens (including phenoxy) is 2. The molecule has 0 fully saturated rings. The molecule has 0 bridgehead atoms. The van der Waals surface area contributed by atoms with Crippen molar-refractivity contribution in [1.29, 1.82) is 0 Å². The molecule has 0 aliphatic rings. The van der Waals surface area contributed by atoms with Gasteiger partial charge in [0, 0.05) is 27.4 Å². The number of hydrogen-bond acceptors (Lipinski definition) is 6. The van der Waals surface area contributed by atoms with Crippen molar-refractivity contribution in [3.8, 4) is 22.8 Å². The van der Waals surface area contributed by atoms with Crippen molar-refractivity contribution in [2.24, 2.45) is 0 Å². The summed E-state index contributed by atoms with van der Waals surface area (Å²) in [6.45, 7) is 1.78. The molecule has 0 saturated heterocycles. The number of benzene rings is 3. The van der Waals surface area contributed by atoms with Crippen molar-refractivity contribution in [1.82, 2.24) is 0 Å². The highest BCUT2D eigenvalue weighted by atomic mass is 35.5. The second kappa shape index (κ2) is 8.72. The molecule has 0 N–H and O–H groups in total. The standard InChI is InChI=1S/C27H19ClO6/c1-15-10-23-19(13-22(15)32-25(29)11-16-6-8-18(28)9-7-16)20(14-26(30)33-23)24-12-17-4-3-5-21(31-2)27(17)34-24/h3-10,12-14H,11H2,1-2H3. The van der Waals surface area contributed by atoms with Crippen LogP contribution in [0.25, 0.3) is 33.3 Å². The molecule has 2 heterocycles. The lowest BCUT2D eigenvalue weighted by molar-refractivity contribution is -0.133. The minimum Gasteiger partial charge on any atom is -0.493 e. The summed E-state index contributed by atoms with van der Waals surface area (Å²) in [6, 6.07) is 19.1. The average Bonchev–Trinajstić information content (AvgIpc) is 3.25. The maximum Gasteiger partial charge on any atom is 0.336 e. The molecule has 7 heteroatoms. The van der Waals surface area contributed by atoms with Gasteiger partial charge in [-0.25, -0.2) is 4.79 Å². The third kappa shape index (κ3) is 4.16. The van der Waals surface area contributed by atoms with Gasteiger partial charge in [-0.1, -0.05) is 35.9 Å². The molecular weight excluding hydrogens is 456 g/mol. The van der Waals surface area contributed by atoms with Gasteiger partial charge in [0.1, 0.15) is 17.1 Å². The third-order valence-corrected chi connectivity index (χ3v) is 5.77. The molecule has 170 valence electrons. The Labute approximate surface area is 199 Å². The number of para-hydroxylation sites is 1. The zero-order chi connectivity index (χ0) is 23.8. The summed E-state index contributed by atoms with van der Waals surface area (Å²) >= 11 is 5.91. The smallest absolute Gasteiger partial charge is 0.336 e. The lowest BCUT2D eigenvalue weighted by atomic mass is 10.0. The Morgan fingerprint density at radius 1 is 0.971 bits per heavy atom. The van der Waals surface area contributed by atoms with Crippen LogP contribution in [0, 0.1) is 6.92 Å². The highest BCUT2D eigenvalue weighted by Gasteiger charge is 2.17. The molecule has 0 unspecified atom stereocenters. The summed E-state index contributed by atoms with van der Waals surface area (Å²) in [7, 11) is 1.57. The molecule has 0 aliphatic carbocycles. The molecule has 3 aromatic carbocycles. The number of esters is 1. The van der Waals surface area contributed by atoms with Gasteiger partial charge in [0.05, 0.1) is 13.5 Å². The van der Waals surface area contributed by atoms with E-state index in [-0.39, 0.29) is 6.42 Å². The van der Waals surface area contributed by atoms with Crippen LogP contribution in [0.1, 0.15) is 11.1 Å². The van der Waals surface area contributed by atoms with Gasteiger partial charge in [-0.3, -0.25) is 4.79 Å². The largest absolute Gasteiger partial charge is 0.493 e. The van der Waals surface area contributed by atoms with Crippen molar-refractivity contribution >= 4 is 39.5 Å². The maximum atomic E-state index is 12.6. The highest BCUT2D eigenvalue weighted by molar-refractivity contribution is 6.30. The predicted molar refractivity (Wildman–Crippen MR) is 130 cm³/mol. The number of methoxy groups -OCH3 is 1. The number of hydrogen-bond donors (Lipinski definition) is 0. The third-order valence-electron chi connectivity index (χ3n) is 5.52. The first-order chi connectivity index (χ1) is 16.4. The van der Waals surface area contributed by atoms with Crippen LogP contribution in [-0.2, 0) is 11.2 Å². The van der Waals surface area contributed by atoms with Crippen LogP contribution in [0.4, 0.5) is 0 Å². The van der Waals surface area contributed by atoms with E-state index in [1.54, 1.807) is 56.5 Å². The number of rotatable bonds is 5. The molecule has 2 aromatic heterocycles. The molecular formula is C27H19ClO6. The minimum absolute atomic E-state index is 0.0920. The van der Waals surface area contributed by atoms with Gasteiger partial charge in [-0.2, -0.15) is 0 Å². The second-order valence-electron chi connectivity index (χ2n) is 7.86. The summed E-state index contributed by atoms with van der Waals surface area (Å²) in [4.78, 5) is 24.9. The Hall–Kier alpha value is -4.03. The topological polar surface area (TPSA) is 78.9 Å². The molecule has 0 aliphatic heterocycles. The number of fused-ring (bicyclic) bond motifs is 2. The van der Waals surface area contributed by atoms with Crippen molar-refractivity contribution in [2.45, 2.75) is 13.3 Å². The van der Waals surface area contributed by atoms with Crippen LogP contribution >= 0.6 is 11.6 Å². The van der Waals surface area contributed by atoms with Gasteiger partial charge in [-0.15, -0.1) is 0 Å². The van der Waals surface area contributed by atoms with Gasteiger partial charge in [-0.05, 0) is 54.4 Å². The second-order valence-corrected chi connectivity index (χ2v) is 8.30. The summed E-state index contributed by atoms with van der Waals surface area (Å²) in [6.07, 6.45) is 0.0920. The predicted octanol–water partition coefficient (Wildman–Crippen LogP) is 6.32. The number of carbonyl (C=O) groups is 1. The van der Waals surface area contributed by atoms with Crippen molar-refractivity contribution in [2.75, 3.05) is 7.11 Å². The van der Waals surface area contributed by atoms with Crippen LogP contribution in [0.3, 0.4) is 0 Å². The number of aryl methyl sites for hydroxylation is 1. The van der Waals surface area contributed by atoms with Gasteiger partial charge in [0.15, 0.2) is 11.3 Å². The van der Waals surface area contributed by atoms with Gasteiger partial charge < -0.3 is 18.3 Å². The Morgan fingerprint density at radius 3 is 2.53 bits per heavy atom. The van der Waals surface area contributed by atoms with Crippen LogP contribution in [0.15, 0.2) is 80.4 Å². The normalized spacial score (nSPS) is 11.1. The van der Waals surface area contributed by atoms with E-state index in [1.165, 1.54) is 6.07 Å². The van der Waals surface area contributed by atoms with Crippen LogP contribution < -0.4 is 15.1 Å². The summed E-state index contributed by atoms with van der Waals surface area (Å²) in [5.74, 6) is 1.01. The van der Waals surface area contributed by atoms with E-state index >= 15 is 0 Å². The van der Waals surface area contributed by atoms with E-state index in [0.717, 1.165) is 10.9 Å². The van der Waals surface area contributed by atoms with E-state index in [0.29, 0.717) is 50.0 Å². The zero-order valence-corrected chi connectivity index (χ0v) is 19.1. The molecule has 0 saturated carbocycles. The van der Waals surface area contributed by atoms with Crippen molar-refractivity contribution in [3.05, 3.63) is 93.3 Å². The lowest BCUT2D eigenvalue weighted by Gasteiger charge is -2.10. The van der Waals surface area contributed by atoms with Gasteiger partial charge >= 0.3 is 11.6 Å². The first-order valence-corrected chi connectivity index (χ1v) is 10.9. The molecule has 34 heavy (non-hydrogen) atoms. The van der Waals surface area contributed by atoms with E-state index in [1.807, 2.05) is 18.2 Å². The molecule has 5 rings (SSSR count). The fraction of sp³-hybridized carbons (Fsp3) is 0.111. The van der Waals surface area contributed by atoms with E-state index < -0.39 is 11.6 Å². The zero-order valence-electron chi connectivity index (χ0n) is 18.4. The Bertz CT molecular complexity index is 1590. The Morgan fingerprint density at radius 2 is 1.76 bits per heavy atom. The lowest BCUT2D eigenvalue weighted by Crippen LogP contribution is -2.12. The number of halogens is 1. The van der Waals surface area contributed by atoms with E-state index in [2.05, 4.69) is 0 Å². The summed E-state index contributed by atoms with van der Waals surface area (Å²) in [5.41, 5.74) is 2.40. The van der Waals surface area contributed by atoms with Crippen molar-refractivity contribution < 1.29 is 23.1 Å². The summed E-state index contributed by atoms with van der Waals surface area (Å²) < 4.78 is 22.5. The molecule has 6 nitrogen and oxygen atoms in total. The average molecular weight is 475 g/mol. The first kappa shape index (κ1) is 21.8. The monoisotopic (exact) mass is 474 g/mol. The highest BCUT2D eigenvalue weighted by Crippen LogP contribution is 2.37. The first-order valence-electron chi connectivity index (χ1n) is 10.5. The molecule has 0 spiro atoms. The quantitative estimate of drug-likeness (QED) is 0.168. The number of carbonyl (C=O) groups excluding carboxylic acids is 1. The number of furan rings is 1. The van der Waals surface area contributed by atoms with Crippen LogP contribution in [-0.4, -0.2) is 13.1 Å². The Balaban J connectivity index is 1.56. The van der Waals surface area contributed by atoms with Crippen LogP contribution in [0.5, 0.6) is 11.5 Å². The molecule has 0 atom stereocenters. The van der Waals surface area contributed by atoms with E-state index in [4.69, 9.17) is 29.9 Å². The molecule has 0 amide bonds. The fourth-order valence-electron chi connectivity index (χ4n) is 3.86. The Kier molecular flexibility index (Phi) is 5.59. The van der Waals surface area contributed by atoms with Crippen molar-refractivity contribution in [3.63, 3.8) is 0 Å². The minimum atomic E-state index is -0.512. The fourth-order valence-corrected chi connectivity index (χ4v) is 3.99. The summed E-state index contributed by atoms with van der Waals surface area (Å²) in [5, 5.41) is 2.01. The van der Waals surface area contributed by atoms with Crippen LogP contribution in [0.2, 0.25) is 5.02 Å². The van der Waals surface area contributed by atoms with E-state index in [9.17, 15) is 9.59 Å². The van der Waals surface area contributed by atoms with Gasteiger partial charge in [0.25, 0.3) is 0 Å². The maximum absolute atomic E-state index is 12.6.